The minimum atomic E-state index is -1.79. The summed E-state index contributed by atoms with van der Waals surface area (Å²) in [5.74, 6) is -5.21. The van der Waals surface area contributed by atoms with Gasteiger partial charge in [-0.05, 0) is 30.7 Å². The van der Waals surface area contributed by atoms with Crippen LogP contribution in [0.15, 0.2) is 78.9 Å². The van der Waals surface area contributed by atoms with Crippen LogP contribution in [0.2, 0.25) is 0 Å². The molecule has 0 unspecified atom stereocenters. The first-order valence-electron chi connectivity index (χ1n) is 11.1. The monoisotopic (exact) mass is 458 g/mol. The molecule has 4 atom stereocenters. The third-order valence-electron chi connectivity index (χ3n) is 6.89. The number of aryl methyl sites for hydroxylation is 1. The molecule has 3 aromatic rings. The van der Waals surface area contributed by atoms with Crippen LogP contribution in [0.1, 0.15) is 22.7 Å². The maximum Gasteiger partial charge on any atom is 0.325 e. The molecule has 0 saturated carbocycles. The summed E-state index contributed by atoms with van der Waals surface area (Å²) < 4.78 is 14.9. The fraction of sp³-hybridized carbons (Fsp3) is 0.222. The number of carboxylic acids is 1. The lowest BCUT2D eigenvalue weighted by Crippen LogP contribution is -2.57. The van der Waals surface area contributed by atoms with Crippen molar-refractivity contribution in [2.24, 2.45) is 11.8 Å². The van der Waals surface area contributed by atoms with Crippen LogP contribution in [0, 0.1) is 24.6 Å². The molecule has 2 fully saturated rings. The highest BCUT2D eigenvalue weighted by atomic mass is 19.1. The summed E-state index contributed by atoms with van der Waals surface area (Å²) >= 11 is 0. The van der Waals surface area contributed by atoms with Crippen LogP contribution in [-0.2, 0) is 20.8 Å². The van der Waals surface area contributed by atoms with Gasteiger partial charge in [0.15, 0.2) is 0 Å². The molecule has 0 aliphatic carbocycles. The SMILES string of the molecule is Cc1ccc(N2C(=O)[C@@H]3[C@H](c4ccccc4F)N[C@](Cc4ccccc4)(C(=O)O)[C@H]3C2=O)cc1. The van der Waals surface area contributed by atoms with Gasteiger partial charge in [-0.2, -0.15) is 0 Å². The van der Waals surface area contributed by atoms with E-state index in [-0.39, 0.29) is 12.0 Å². The van der Waals surface area contributed by atoms with Crippen LogP contribution < -0.4 is 10.2 Å². The van der Waals surface area contributed by atoms with E-state index in [1.54, 1.807) is 54.6 Å². The Labute approximate surface area is 196 Å². The molecule has 2 aliphatic heterocycles. The number of benzene rings is 3. The number of rotatable bonds is 5. The number of carbonyl (C=O) groups is 3. The summed E-state index contributed by atoms with van der Waals surface area (Å²) in [6.45, 7) is 1.89. The quantitative estimate of drug-likeness (QED) is 0.570. The summed E-state index contributed by atoms with van der Waals surface area (Å²) in [5.41, 5.74) is 0.407. The summed E-state index contributed by atoms with van der Waals surface area (Å²) in [7, 11) is 0. The Morgan fingerprint density at radius 3 is 2.26 bits per heavy atom. The number of nitrogens with one attached hydrogen (secondary N) is 1. The van der Waals surface area contributed by atoms with Gasteiger partial charge in [0.2, 0.25) is 11.8 Å². The number of carbonyl (C=O) groups excluding carboxylic acids is 2. The fourth-order valence-corrected chi connectivity index (χ4v) is 5.30. The van der Waals surface area contributed by atoms with Crippen molar-refractivity contribution >= 4 is 23.5 Å². The van der Waals surface area contributed by atoms with Crippen LogP contribution in [0.4, 0.5) is 10.1 Å². The Bertz CT molecular complexity index is 1280. The number of hydrogen-bond donors (Lipinski definition) is 2. The smallest absolute Gasteiger partial charge is 0.325 e. The Morgan fingerprint density at radius 1 is 0.971 bits per heavy atom. The number of amides is 2. The van der Waals surface area contributed by atoms with Crippen LogP contribution in [-0.4, -0.2) is 28.4 Å². The molecule has 5 rings (SSSR count). The van der Waals surface area contributed by atoms with Crippen molar-refractivity contribution in [1.29, 1.82) is 0 Å². The Balaban J connectivity index is 1.67. The molecule has 7 heteroatoms. The second-order valence-corrected chi connectivity index (χ2v) is 8.93. The molecular formula is C27H23FN2O4. The lowest BCUT2D eigenvalue weighted by molar-refractivity contribution is -0.148. The van der Waals surface area contributed by atoms with Gasteiger partial charge in [0.25, 0.3) is 0 Å². The predicted octanol–water partition coefficient (Wildman–Crippen LogP) is 3.65. The van der Waals surface area contributed by atoms with E-state index in [9.17, 15) is 23.9 Å². The lowest BCUT2D eigenvalue weighted by Gasteiger charge is -2.31. The van der Waals surface area contributed by atoms with Gasteiger partial charge in [-0.1, -0.05) is 66.2 Å². The zero-order valence-electron chi connectivity index (χ0n) is 18.4. The Hall–Kier alpha value is -3.84. The number of aliphatic carboxylic acids is 1. The molecule has 3 aromatic carbocycles. The summed E-state index contributed by atoms with van der Waals surface area (Å²) in [4.78, 5) is 41.3. The van der Waals surface area contributed by atoms with Crippen LogP contribution in [0.5, 0.6) is 0 Å². The van der Waals surface area contributed by atoms with Crippen molar-refractivity contribution in [3.05, 3.63) is 101 Å². The predicted molar refractivity (Wildman–Crippen MR) is 123 cm³/mol. The number of halogens is 1. The minimum absolute atomic E-state index is 0.0317. The summed E-state index contributed by atoms with van der Waals surface area (Å²) in [5, 5.41) is 13.5. The van der Waals surface area contributed by atoms with E-state index in [1.807, 2.05) is 13.0 Å². The van der Waals surface area contributed by atoms with Crippen LogP contribution in [0.3, 0.4) is 0 Å². The topological polar surface area (TPSA) is 86.7 Å². The van der Waals surface area contributed by atoms with Gasteiger partial charge in [0, 0.05) is 18.0 Å². The second kappa shape index (κ2) is 8.18. The van der Waals surface area contributed by atoms with E-state index >= 15 is 0 Å². The number of carboxylic acid groups (broad SMARTS) is 1. The highest BCUT2D eigenvalue weighted by molar-refractivity contribution is 6.24. The fourth-order valence-electron chi connectivity index (χ4n) is 5.30. The molecule has 34 heavy (non-hydrogen) atoms. The van der Waals surface area contributed by atoms with Crippen molar-refractivity contribution < 1.29 is 23.9 Å². The molecule has 2 N–H and O–H groups in total. The molecule has 2 aliphatic rings. The highest BCUT2D eigenvalue weighted by Gasteiger charge is 2.68. The molecular weight excluding hydrogens is 435 g/mol. The zero-order chi connectivity index (χ0) is 24.0. The van der Waals surface area contributed by atoms with Crippen molar-refractivity contribution in [3.63, 3.8) is 0 Å². The third-order valence-corrected chi connectivity index (χ3v) is 6.89. The molecule has 172 valence electrons. The van der Waals surface area contributed by atoms with Crippen LogP contribution in [0.25, 0.3) is 0 Å². The number of fused-ring (bicyclic) bond motifs is 1. The average Bonchev–Trinajstić information content (AvgIpc) is 3.30. The summed E-state index contributed by atoms with van der Waals surface area (Å²) in [6, 6.07) is 20.8. The van der Waals surface area contributed by atoms with Gasteiger partial charge < -0.3 is 5.11 Å². The van der Waals surface area contributed by atoms with Gasteiger partial charge in [0.05, 0.1) is 17.5 Å². The minimum Gasteiger partial charge on any atom is -0.480 e. The van der Waals surface area contributed by atoms with E-state index in [0.29, 0.717) is 11.3 Å². The Kier molecular flexibility index (Phi) is 5.29. The van der Waals surface area contributed by atoms with Gasteiger partial charge in [-0.3, -0.25) is 19.7 Å². The average molecular weight is 458 g/mol. The Morgan fingerprint density at radius 2 is 1.62 bits per heavy atom. The van der Waals surface area contributed by atoms with E-state index in [2.05, 4.69) is 5.32 Å². The first kappa shape index (κ1) is 22.0. The van der Waals surface area contributed by atoms with E-state index in [0.717, 1.165) is 10.5 Å². The molecule has 2 heterocycles. The number of hydrogen-bond acceptors (Lipinski definition) is 4. The number of imide groups is 1. The van der Waals surface area contributed by atoms with E-state index < -0.39 is 47.0 Å². The normalized spacial score (nSPS) is 26.1. The van der Waals surface area contributed by atoms with Gasteiger partial charge in [0.1, 0.15) is 11.4 Å². The zero-order valence-corrected chi connectivity index (χ0v) is 18.4. The van der Waals surface area contributed by atoms with E-state index in [1.165, 1.54) is 18.2 Å². The standard InChI is InChI=1S/C27H23FN2O4/c1-16-11-13-18(14-12-16)30-24(31)21-22(25(30)32)27(26(33)34,15-17-7-3-2-4-8-17)29-23(21)19-9-5-6-10-20(19)28/h2-14,21-23,29H,15H2,1H3,(H,33,34)/t21-,22+,23-,27-/m0/s1. The molecule has 0 radical (unpaired) electrons. The second-order valence-electron chi connectivity index (χ2n) is 8.93. The van der Waals surface area contributed by atoms with Gasteiger partial charge in [-0.15, -0.1) is 0 Å². The van der Waals surface area contributed by atoms with Gasteiger partial charge >= 0.3 is 5.97 Å². The third kappa shape index (κ3) is 3.31. The molecule has 0 aromatic heterocycles. The number of nitrogens with zero attached hydrogens (tertiary/aromatic N) is 1. The molecule has 2 amide bonds. The van der Waals surface area contributed by atoms with Crippen LogP contribution >= 0.6 is 0 Å². The van der Waals surface area contributed by atoms with Crippen molar-refractivity contribution in [2.75, 3.05) is 4.90 Å². The summed E-state index contributed by atoms with van der Waals surface area (Å²) in [6.07, 6.45) is -0.0317. The van der Waals surface area contributed by atoms with Crippen molar-refractivity contribution in [1.82, 2.24) is 5.32 Å². The van der Waals surface area contributed by atoms with Gasteiger partial charge in [-0.25, -0.2) is 9.29 Å². The molecule has 0 bridgehead atoms. The molecule has 6 nitrogen and oxygen atoms in total. The van der Waals surface area contributed by atoms with Crippen molar-refractivity contribution in [2.45, 2.75) is 24.9 Å². The number of anilines is 1. The first-order chi connectivity index (χ1) is 16.3. The molecule has 2 saturated heterocycles. The first-order valence-corrected chi connectivity index (χ1v) is 11.1. The molecule has 0 spiro atoms. The maximum atomic E-state index is 14.9. The highest BCUT2D eigenvalue weighted by Crippen LogP contribution is 2.51. The van der Waals surface area contributed by atoms with Crippen molar-refractivity contribution in [3.8, 4) is 0 Å². The lowest BCUT2D eigenvalue weighted by atomic mass is 9.76. The van der Waals surface area contributed by atoms with E-state index in [4.69, 9.17) is 0 Å². The largest absolute Gasteiger partial charge is 0.480 e. The maximum absolute atomic E-state index is 14.9.